The van der Waals surface area contributed by atoms with Gasteiger partial charge in [0.2, 0.25) is 0 Å². The molecule has 0 amide bonds. The van der Waals surface area contributed by atoms with Crippen molar-refractivity contribution in [3.63, 3.8) is 0 Å². The average Bonchev–Trinajstić information content (AvgIpc) is 2.84. The van der Waals surface area contributed by atoms with Gasteiger partial charge in [-0.1, -0.05) is 43.7 Å². The van der Waals surface area contributed by atoms with Crippen LogP contribution >= 0.6 is 0 Å². The summed E-state index contributed by atoms with van der Waals surface area (Å²) in [5.74, 6) is 1.54. The Labute approximate surface area is 196 Å². The zero-order chi connectivity index (χ0) is 24.1. The third-order valence-electron chi connectivity index (χ3n) is 6.02. The van der Waals surface area contributed by atoms with E-state index in [1.807, 2.05) is 6.07 Å². The number of ether oxygens (including phenoxy) is 2. The number of halogens is 4. The number of benzene rings is 3. The summed E-state index contributed by atoms with van der Waals surface area (Å²) in [5, 5.41) is 0.144. The number of unbranched alkanes of at least 4 members (excludes halogenated alkanes) is 1. The summed E-state index contributed by atoms with van der Waals surface area (Å²) in [7, 11) is 0. The maximum Gasteiger partial charge on any atom is 0.195 e. The summed E-state index contributed by atoms with van der Waals surface area (Å²) in [4.78, 5) is 0. The fourth-order valence-electron chi connectivity index (χ4n) is 4.03. The van der Waals surface area contributed by atoms with Gasteiger partial charge >= 0.3 is 0 Å². The first kappa shape index (κ1) is 24.3. The van der Waals surface area contributed by atoms with Crippen LogP contribution in [0.3, 0.4) is 0 Å². The minimum atomic E-state index is -1.51. The van der Waals surface area contributed by atoms with Crippen LogP contribution in [0.1, 0.15) is 49.3 Å². The average molecular weight is 471 g/mol. The lowest BCUT2D eigenvalue weighted by Crippen LogP contribution is -2.32. The van der Waals surface area contributed by atoms with Crippen molar-refractivity contribution in [1.29, 1.82) is 0 Å². The van der Waals surface area contributed by atoms with Crippen LogP contribution in [0.2, 0.25) is 0 Å². The van der Waals surface area contributed by atoms with Gasteiger partial charge in [-0.05, 0) is 54.1 Å². The summed E-state index contributed by atoms with van der Waals surface area (Å²) in [6, 6.07) is 10.0. The van der Waals surface area contributed by atoms with E-state index < -0.39 is 23.3 Å². The molecule has 0 atom stereocenters. The lowest BCUT2D eigenvalue weighted by Gasteiger charge is -2.29. The maximum atomic E-state index is 14.6. The Morgan fingerprint density at radius 1 is 0.853 bits per heavy atom. The smallest absolute Gasteiger partial charge is 0.195 e. The largest absolute Gasteiger partial charge is 0.352 e. The van der Waals surface area contributed by atoms with E-state index in [1.54, 1.807) is 6.07 Å². The van der Waals surface area contributed by atoms with Crippen molar-refractivity contribution in [2.75, 3.05) is 13.2 Å². The van der Waals surface area contributed by atoms with Gasteiger partial charge in [-0.15, -0.1) is 0 Å². The molecule has 1 aliphatic heterocycles. The van der Waals surface area contributed by atoms with E-state index in [-0.39, 0.29) is 22.6 Å². The molecule has 2 nitrogen and oxygen atoms in total. The van der Waals surface area contributed by atoms with Gasteiger partial charge < -0.3 is 9.47 Å². The Kier molecular flexibility index (Phi) is 7.87. The molecule has 4 rings (SSSR count). The van der Waals surface area contributed by atoms with E-state index in [4.69, 9.17) is 9.47 Å². The molecular formula is C28H26F4O2. The van der Waals surface area contributed by atoms with Crippen LogP contribution in [0.5, 0.6) is 0 Å². The Hall–Kier alpha value is -2.88. The molecule has 3 aromatic carbocycles. The van der Waals surface area contributed by atoms with E-state index in [0.717, 1.165) is 24.5 Å². The van der Waals surface area contributed by atoms with Crippen LogP contribution in [0.25, 0.3) is 10.8 Å². The highest BCUT2D eigenvalue weighted by atomic mass is 19.2. The van der Waals surface area contributed by atoms with Crippen molar-refractivity contribution >= 4 is 10.8 Å². The molecule has 34 heavy (non-hydrogen) atoms. The standard InChI is InChI=1S/C28H26F4O2/c1-2-3-4-20-16-33-26(34-17-20)12-8-19-6-10-21(24(29)14-19)9-5-18-7-11-23-22(13-18)15-25(30)28(32)27(23)31/h6-7,10-11,13-15,20,26H,2-4,8,12,16-17H2,1H3. The molecule has 6 heteroatoms. The molecule has 0 spiro atoms. The topological polar surface area (TPSA) is 18.5 Å². The Bertz CT molecular complexity index is 1220. The quantitative estimate of drug-likeness (QED) is 0.221. The van der Waals surface area contributed by atoms with Gasteiger partial charge in [0.1, 0.15) is 5.82 Å². The van der Waals surface area contributed by atoms with Gasteiger partial charge in [0.15, 0.2) is 23.7 Å². The Morgan fingerprint density at radius 3 is 2.38 bits per heavy atom. The van der Waals surface area contributed by atoms with Crippen molar-refractivity contribution in [2.24, 2.45) is 5.92 Å². The van der Waals surface area contributed by atoms with Crippen molar-refractivity contribution in [3.8, 4) is 11.8 Å². The van der Waals surface area contributed by atoms with E-state index in [2.05, 4.69) is 18.8 Å². The highest BCUT2D eigenvalue weighted by Crippen LogP contribution is 2.24. The summed E-state index contributed by atoms with van der Waals surface area (Å²) >= 11 is 0. The summed E-state index contributed by atoms with van der Waals surface area (Å²) < 4.78 is 66.9. The minimum Gasteiger partial charge on any atom is -0.352 e. The zero-order valence-electron chi connectivity index (χ0n) is 19.0. The predicted octanol–water partition coefficient (Wildman–Crippen LogP) is 6.91. The summed E-state index contributed by atoms with van der Waals surface area (Å²) in [5.41, 5.74) is 1.47. The molecule has 0 aliphatic carbocycles. The van der Waals surface area contributed by atoms with Gasteiger partial charge in [-0.3, -0.25) is 0 Å². The lowest BCUT2D eigenvalue weighted by atomic mass is 10.0. The number of hydrogen-bond acceptors (Lipinski definition) is 2. The predicted molar refractivity (Wildman–Crippen MR) is 123 cm³/mol. The van der Waals surface area contributed by atoms with Crippen LogP contribution in [0.4, 0.5) is 17.6 Å². The second-order valence-electron chi connectivity index (χ2n) is 8.63. The molecule has 0 N–H and O–H groups in total. The number of hydrogen-bond donors (Lipinski definition) is 0. The molecule has 0 unspecified atom stereocenters. The molecule has 0 aromatic heterocycles. The summed E-state index contributed by atoms with van der Waals surface area (Å²) in [6.07, 6.45) is 4.45. The van der Waals surface area contributed by atoms with E-state index in [1.165, 1.54) is 30.7 Å². The molecule has 1 saturated heterocycles. The molecule has 0 saturated carbocycles. The van der Waals surface area contributed by atoms with E-state index in [0.29, 0.717) is 37.5 Å². The Balaban J connectivity index is 1.38. The normalized spacial score (nSPS) is 18.0. The highest BCUT2D eigenvalue weighted by Gasteiger charge is 2.21. The number of fused-ring (bicyclic) bond motifs is 1. The van der Waals surface area contributed by atoms with Gasteiger partial charge in [0.05, 0.1) is 18.8 Å². The number of aryl methyl sites for hydroxylation is 1. The zero-order valence-corrected chi connectivity index (χ0v) is 19.0. The van der Waals surface area contributed by atoms with Gasteiger partial charge in [0, 0.05) is 23.3 Å². The van der Waals surface area contributed by atoms with Crippen LogP contribution in [0, 0.1) is 41.0 Å². The van der Waals surface area contributed by atoms with E-state index in [9.17, 15) is 17.6 Å². The molecular weight excluding hydrogens is 444 g/mol. The maximum absolute atomic E-state index is 14.6. The van der Waals surface area contributed by atoms with Crippen LogP contribution in [0.15, 0.2) is 42.5 Å². The molecule has 1 aliphatic rings. The second-order valence-corrected chi connectivity index (χ2v) is 8.63. The fourth-order valence-corrected chi connectivity index (χ4v) is 4.03. The van der Waals surface area contributed by atoms with Crippen molar-refractivity contribution in [3.05, 3.63) is 82.4 Å². The number of rotatable bonds is 6. The second kappa shape index (κ2) is 11.0. The van der Waals surface area contributed by atoms with Crippen molar-refractivity contribution in [1.82, 2.24) is 0 Å². The SMILES string of the molecule is CCCCC1COC(CCc2ccc(C#Cc3ccc4c(F)c(F)c(F)cc4c3)c(F)c2)OC1. The Morgan fingerprint density at radius 2 is 1.65 bits per heavy atom. The van der Waals surface area contributed by atoms with Crippen LogP contribution in [-0.4, -0.2) is 19.5 Å². The molecule has 178 valence electrons. The van der Waals surface area contributed by atoms with Crippen LogP contribution < -0.4 is 0 Å². The fraction of sp³-hybridized carbons (Fsp3) is 0.357. The molecule has 1 heterocycles. The monoisotopic (exact) mass is 470 g/mol. The third kappa shape index (κ3) is 5.78. The summed E-state index contributed by atoms with van der Waals surface area (Å²) in [6.45, 7) is 3.58. The molecule has 0 bridgehead atoms. The molecule has 3 aromatic rings. The first-order chi connectivity index (χ1) is 16.4. The van der Waals surface area contributed by atoms with Crippen LogP contribution in [-0.2, 0) is 15.9 Å². The van der Waals surface area contributed by atoms with Gasteiger partial charge in [0.25, 0.3) is 0 Å². The van der Waals surface area contributed by atoms with Gasteiger partial charge in [-0.2, -0.15) is 0 Å². The minimum absolute atomic E-state index is 0.0395. The highest BCUT2D eigenvalue weighted by molar-refractivity contribution is 5.84. The molecule has 1 fully saturated rings. The van der Waals surface area contributed by atoms with Crippen molar-refractivity contribution < 1.29 is 27.0 Å². The van der Waals surface area contributed by atoms with Crippen molar-refractivity contribution in [2.45, 2.75) is 45.3 Å². The first-order valence-electron chi connectivity index (χ1n) is 11.6. The third-order valence-corrected chi connectivity index (χ3v) is 6.02. The van der Waals surface area contributed by atoms with Gasteiger partial charge in [-0.25, -0.2) is 17.6 Å². The lowest BCUT2D eigenvalue weighted by molar-refractivity contribution is -0.203. The molecule has 0 radical (unpaired) electrons. The first-order valence-corrected chi connectivity index (χ1v) is 11.6. The van der Waals surface area contributed by atoms with E-state index >= 15 is 0 Å².